The van der Waals surface area contributed by atoms with Gasteiger partial charge in [-0.05, 0) is 19.1 Å². The van der Waals surface area contributed by atoms with Crippen molar-refractivity contribution >= 4 is 11.9 Å². The van der Waals surface area contributed by atoms with Crippen molar-refractivity contribution in [1.82, 2.24) is 4.90 Å². The van der Waals surface area contributed by atoms with Crippen LogP contribution in [0.3, 0.4) is 0 Å². The van der Waals surface area contributed by atoms with E-state index in [9.17, 15) is 9.59 Å². The molecule has 0 saturated heterocycles. The normalized spacial score (nSPS) is 9.40. The molecule has 0 saturated carbocycles. The van der Waals surface area contributed by atoms with E-state index in [0.29, 0.717) is 11.1 Å². The predicted molar refractivity (Wildman–Crippen MR) is 76.1 cm³/mol. The van der Waals surface area contributed by atoms with E-state index < -0.39 is 5.97 Å². The molecule has 1 amide bonds. The van der Waals surface area contributed by atoms with Gasteiger partial charge in [-0.2, -0.15) is 0 Å². The Morgan fingerprint density at radius 1 is 1.40 bits per heavy atom. The SMILES string of the molecule is COC(=O)CN(C)C(=O)c1cc(C)ccc1C#CCN. The molecule has 0 aromatic heterocycles. The number of benzene rings is 1. The van der Waals surface area contributed by atoms with Crippen LogP contribution in [0.15, 0.2) is 18.2 Å². The summed E-state index contributed by atoms with van der Waals surface area (Å²) in [5.41, 5.74) is 7.34. The van der Waals surface area contributed by atoms with Gasteiger partial charge in [0, 0.05) is 12.6 Å². The summed E-state index contributed by atoms with van der Waals surface area (Å²) < 4.78 is 4.55. The van der Waals surface area contributed by atoms with E-state index in [0.717, 1.165) is 5.56 Å². The third kappa shape index (κ3) is 4.11. The number of amides is 1. The fourth-order valence-electron chi connectivity index (χ4n) is 1.63. The fourth-order valence-corrected chi connectivity index (χ4v) is 1.63. The molecular formula is C15H18N2O3. The molecule has 2 N–H and O–H groups in total. The first kappa shape index (κ1) is 15.7. The van der Waals surface area contributed by atoms with Crippen molar-refractivity contribution in [3.8, 4) is 11.8 Å². The lowest BCUT2D eigenvalue weighted by molar-refractivity contribution is -0.141. The van der Waals surface area contributed by atoms with Crippen molar-refractivity contribution in [2.75, 3.05) is 27.2 Å². The Kier molecular flexibility index (Phi) is 5.75. The summed E-state index contributed by atoms with van der Waals surface area (Å²) in [5.74, 6) is 4.84. The highest BCUT2D eigenvalue weighted by molar-refractivity contribution is 5.98. The Labute approximate surface area is 118 Å². The van der Waals surface area contributed by atoms with E-state index in [2.05, 4.69) is 16.6 Å². The van der Waals surface area contributed by atoms with E-state index in [1.165, 1.54) is 12.0 Å². The van der Waals surface area contributed by atoms with Crippen LogP contribution in [0.25, 0.3) is 0 Å². The minimum Gasteiger partial charge on any atom is -0.468 e. The van der Waals surface area contributed by atoms with Crippen molar-refractivity contribution in [3.05, 3.63) is 34.9 Å². The van der Waals surface area contributed by atoms with E-state index in [4.69, 9.17) is 5.73 Å². The molecule has 0 spiro atoms. The largest absolute Gasteiger partial charge is 0.468 e. The summed E-state index contributed by atoms with van der Waals surface area (Å²) in [6.07, 6.45) is 0. The number of hydrogen-bond acceptors (Lipinski definition) is 4. The van der Waals surface area contributed by atoms with Gasteiger partial charge in [-0.15, -0.1) is 0 Å². The second-order valence-corrected chi connectivity index (χ2v) is 4.29. The maximum atomic E-state index is 12.4. The molecule has 0 radical (unpaired) electrons. The molecule has 1 rings (SSSR count). The van der Waals surface area contributed by atoms with Crippen LogP contribution in [0.4, 0.5) is 0 Å². The predicted octanol–water partition coefficient (Wildman–Crippen LogP) is 0.550. The molecule has 106 valence electrons. The topological polar surface area (TPSA) is 72.6 Å². The number of rotatable bonds is 3. The first-order valence-electron chi connectivity index (χ1n) is 6.11. The number of methoxy groups -OCH3 is 1. The molecule has 1 aromatic rings. The highest BCUT2D eigenvalue weighted by Crippen LogP contribution is 2.13. The number of likely N-dealkylation sites (N-methyl/N-ethyl adjacent to an activating group) is 1. The fraction of sp³-hybridized carbons (Fsp3) is 0.333. The lowest BCUT2D eigenvalue weighted by Crippen LogP contribution is -2.33. The van der Waals surface area contributed by atoms with Crippen LogP contribution >= 0.6 is 0 Å². The summed E-state index contributed by atoms with van der Waals surface area (Å²) in [6.45, 7) is 2.00. The van der Waals surface area contributed by atoms with Crippen LogP contribution in [0.2, 0.25) is 0 Å². The maximum Gasteiger partial charge on any atom is 0.325 e. The number of esters is 1. The van der Waals surface area contributed by atoms with Gasteiger partial charge in [0.1, 0.15) is 6.54 Å². The number of hydrogen-bond donors (Lipinski definition) is 1. The zero-order valence-corrected chi connectivity index (χ0v) is 11.9. The number of ether oxygens (including phenoxy) is 1. The van der Waals surface area contributed by atoms with Crippen LogP contribution in [0.5, 0.6) is 0 Å². The van der Waals surface area contributed by atoms with Crippen molar-refractivity contribution in [2.45, 2.75) is 6.92 Å². The second kappa shape index (κ2) is 7.31. The van der Waals surface area contributed by atoms with Gasteiger partial charge in [-0.25, -0.2) is 0 Å². The van der Waals surface area contributed by atoms with E-state index >= 15 is 0 Å². The molecule has 5 heteroatoms. The van der Waals surface area contributed by atoms with Crippen molar-refractivity contribution in [2.24, 2.45) is 5.73 Å². The summed E-state index contributed by atoms with van der Waals surface area (Å²) in [4.78, 5) is 24.9. The molecule has 0 fully saturated rings. The third-order valence-corrected chi connectivity index (χ3v) is 2.67. The molecule has 0 heterocycles. The van der Waals surface area contributed by atoms with Crippen LogP contribution < -0.4 is 5.73 Å². The first-order chi connectivity index (χ1) is 9.49. The summed E-state index contributed by atoms with van der Waals surface area (Å²) in [6, 6.07) is 5.39. The number of nitrogens with two attached hydrogens (primary N) is 1. The van der Waals surface area contributed by atoms with E-state index in [-0.39, 0.29) is 19.0 Å². The second-order valence-electron chi connectivity index (χ2n) is 4.29. The molecule has 0 bridgehead atoms. The maximum absolute atomic E-state index is 12.4. The molecule has 20 heavy (non-hydrogen) atoms. The van der Waals surface area contributed by atoms with Crippen molar-refractivity contribution in [3.63, 3.8) is 0 Å². The molecule has 0 aliphatic heterocycles. The number of carbonyl (C=O) groups excluding carboxylic acids is 2. The standard InChI is InChI=1S/C15H18N2O3/c1-11-6-7-12(5-4-8-16)13(9-11)15(19)17(2)10-14(18)20-3/h6-7,9H,8,10,16H2,1-3H3. The summed E-state index contributed by atoms with van der Waals surface area (Å²) in [7, 11) is 2.83. The summed E-state index contributed by atoms with van der Waals surface area (Å²) >= 11 is 0. The Bertz CT molecular complexity index is 570. The Morgan fingerprint density at radius 2 is 2.10 bits per heavy atom. The lowest BCUT2D eigenvalue weighted by Gasteiger charge is -2.17. The van der Waals surface area contributed by atoms with Crippen LogP contribution in [0, 0.1) is 18.8 Å². The molecular weight excluding hydrogens is 256 g/mol. The molecule has 0 atom stereocenters. The van der Waals surface area contributed by atoms with Gasteiger partial charge in [-0.1, -0.05) is 23.5 Å². The lowest BCUT2D eigenvalue weighted by atomic mass is 10.0. The number of aryl methyl sites for hydroxylation is 1. The van der Waals surface area contributed by atoms with Gasteiger partial charge in [0.25, 0.3) is 5.91 Å². The smallest absolute Gasteiger partial charge is 0.325 e. The van der Waals surface area contributed by atoms with Crippen molar-refractivity contribution < 1.29 is 14.3 Å². The van der Waals surface area contributed by atoms with Gasteiger partial charge in [0.15, 0.2) is 0 Å². The highest BCUT2D eigenvalue weighted by Gasteiger charge is 2.17. The third-order valence-electron chi connectivity index (χ3n) is 2.67. The zero-order valence-electron chi connectivity index (χ0n) is 11.9. The van der Waals surface area contributed by atoms with E-state index in [1.807, 2.05) is 13.0 Å². The molecule has 0 aliphatic rings. The minimum atomic E-state index is -0.469. The Balaban J connectivity index is 3.07. The monoisotopic (exact) mass is 274 g/mol. The number of nitrogens with zero attached hydrogens (tertiary/aromatic N) is 1. The van der Waals surface area contributed by atoms with Gasteiger partial charge < -0.3 is 15.4 Å². The van der Waals surface area contributed by atoms with Crippen LogP contribution in [-0.2, 0) is 9.53 Å². The molecule has 0 aliphatic carbocycles. The molecule has 5 nitrogen and oxygen atoms in total. The average molecular weight is 274 g/mol. The highest BCUT2D eigenvalue weighted by atomic mass is 16.5. The average Bonchev–Trinajstić information content (AvgIpc) is 2.44. The quantitative estimate of drug-likeness (QED) is 0.645. The van der Waals surface area contributed by atoms with Crippen LogP contribution in [0.1, 0.15) is 21.5 Å². The van der Waals surface area contributed by atoms with E-state index in [1.54, 1.807) is 19.2 Å². The summed E-state index contributed by atoms with van der Waals surface area (Å²) in [5, 5.41) is 0. The Morgan fingerprint density at radius 3 is 2.70 bits per heavy atom. The van der Waals surface area contributed by atoms with Gasteiger partial charge in [0.2, 0.25) is 0 Å². The Hall–Kier alpha value is -2.32. The number of carbonyl (C=O) groups is 2. The van der Waals surface area contributed by atoms with Crippen LogP contribution in [-0.4, -0.2) is 44.0 Å². The molecule has 1 aromatic carbocycles. The molecule has 0 unspecified atom stereocenters. The van der Waals surface area contributed by atoms with Gasteiger partial charge >= 0.3 is 5.97 Å². The zero-order chi connectivity index (χ0) is 15.1. The first-order valence-corrected chi connectivity index (χ1v) is 6.11. The van der Waals surface area contributed by atoms with Gasteiger partial charge in [0.05, 0.1) is 19.2 Å². The minimum absolute atomic E-state index is 0.104. The van der Waals surface area contributed by atoms with Crippen molar-refractivity contribution in [1.29, 1.82) is 0 Å². The van der Waals surface area contributed by atoms with Gasteiger partial charge in [-0.3, -0.25) is 9.59 Å².